The van der Waals surface area contributed by atoms with Gasteiger partial charge in [0.05, 0.1) is 12.4 Å². The van der Waals surface area contributed by atoms with Crippen LogP contribution in [0.3, 0.4) is 0 Å². The molecule has 0 saturated heterocycles. The Hall–Kier alpha value is -3.54. The van der Waals surface area contributed by atoms with Crippen molar-refractivity contribution in [3.8, 4) is 0 Å². The summed E-state index contributed by atoms with van der Waals surface area (Å²) in [6.45, 7) is 2.18. The van der Waals surface area contributed by atoms with Gasteiger partial charge in [-0.3, -0.25) is 9.59 Å². The largest absolute Gasteiger partial charge is 0.354 e. The molecule has 0 aliphatic rings. The zero-order valence-corrected chi connectivity index (χ0v) is 15.2. The van der Waals surface area contributed by atoms with E-state index in [4.69, 9.17) is 0 Å². The van der Waals surface area contributed by atoms with E-state index in [2.05, 4.69) is 15.3 Å². The van der Waals surface area contributed by atoms with E-state index in [1.807, 2.05) is 42.3 Å². The molecule has 0 aliphatic heterocycles. The van der Waals surface area contributed by atoms with Gasteiger partial charge < -0.3 is 10.2 Å². The fourth-order valence-electron chi connectivity index (χ4n) is 2.58. The number of hydrogen-bond acceptors (Lipinski definition) is 5. The van der Waals surface area contributed by atoms with Gasteiger partial charge in [0.2, 0.25) is 0 Å². The van der Waals surface area contributed by atoms with E-state index in [-0.39, 0.29) is 17.4 Å². The summed E-state index contributed by atoms with van der Waals surface area (Å²) in [7, 11) is 1.92. The van der Waals surface area contributed by atoms with E-state index in [9.17, 15) is 9.59 Å². The van der Waals surface area contributed by atoms with E-state index < -0.39 is 0 Å². The molecular formula is C21H20N4O2. The summed E-state index contributed by atoms with van der Waals surface area (Å²) in [5, 5.41) is 2.73. The van der Waals surface area contributed by atoms with Gasteiger partial charge in [-0.15, -0.1) is 0 Å². The van der Waals surface area contributed by atoms with Gasteiger partial charge >= 0.3 is 0 Å². The highest BCUT2D eigenvalue weighted by molar-refractivity contribution is 6.03. The van der Waals surface area contributed by atoms with E-state index in [0.717, 1.165) is 5.56 Å². The molecule has 3 aromatic rings. The number of ketones is 1. The Morgan fingerprint density at radius 1 is 1.00 bits per heavy atom. The van der Waals surface area contributed by atoms with Crippen molar-refractivity contribution in [3.05, 3.63) is 83.8 Å². The lowest BCUT2D eigenvalue weighted by molar-refractivity contribution is 0.100. The average Bonchev–Trinajstić information content (AvgIpc) is 2.69. The number of aromatic nitrogens is 2. The first kappa shape index (κ1) is 18.3. The number of benzene rings is 2. The number of hydrogen-bond donors (Lipinski definition) is 1. The van der Waals surface area contributed by atoms with Crippen LogP contribution < -0.4 is 10.2 Å². The minimum atomic E-state index is -0.375. The molecule has 1 aromatic heterocycles. The first-order valence-corrected chi connectivity index (χ1v) is 8.52. The Labute approximate surface area is 157 Å². The molecule has 0 spiro atoms. The lowest BCUT2D eigenvalue weighted by atomic mass is 10.1. The molecule has 3 rings (SSSR count). The van der Waals surface area contributed by atoms with E-state index in [1.54, 1.807) is 30.5 Å². The third-order valence-electron chi connectivity index (χ3n) is 4.05. The molecule has 0 aliphatic carbocycles. The maximum absolute atomic E-state index is 12.4. The van der Waals surface area contributed by atoms with Gasteiger partial charge in [-0.05, 0) is 24.6 Å². The first-order valence-electron chi connectivity index (χ1n) is 8.52. The number of nitrogens with one attached hydrogen (secondary N) is 1. The molecule has 0 saturated carbocycles. The van der Waals surface area contributed by atoms with Gasteiger partial charge in [0.25, 0.3) is 5.91 Å². The summed E-state index contributed by atoms with van der Waals surface area (Å²) in [5.41, 5.74) is 2.45. The first-order chi connectivity index (χ1) is 13.0. The van der Waals surface area contributed by atoms with Crippen LogP contribution in [-0.4, -0.2) is 28.7 Å². The predicted molar refractivity (Wildman–Crippen MR) is 105 cm³/mol. The van der Waals surface area contributed by atoms with Gasteiger partial charge in [-0.1, -0.05) is 42.5 Å². The monoisotopic (exact) mass is 360 g/mol. The van der Waals surface area contributed by atoms with Crippen LogP contribution in [0.25, 0.3) is 0 Å². The van der Waals surface area contributed by atoms with Crippen LogP contribution in [0.2, 0.25) is 0 Å². The summed E-state index contributed by atoms with van der Waals surface area (Å²) >= 11 is 0. The Kier molecular flexibility index (Phi) is 5.56. The quantitative estimate of drug-likeness (QED) is 0.680. The molecule has 1 amide bonds. The van der Waals surface area contributed by atoms with E-state index in [1.165, 1.54) is 13.1 Å². The SMILES string of the molecule is CC(=O)c1cccc(NC(=O)c2cnc(N(C)Cc3ccccc3)cn2)c1. The number of carbonyl (C=O) groups is 2. The average molecular weight is 360 g/mol. The van der Waals surface area contributed by atoms with Gasteiger partial charge in [-0.25, -0.2) is 9.97 Å². The molecular weight excluding hydrogens is 340 g/mol. The van der Waals surface area contributed by atoms with Crippen molar-refractivity contribution in [2.75, 3.05) is 17.3 Å². The number of rotatable bonds is 6. The third kappa shape index (κ3) is 4.76. The van der Waals surface area contributed by atoms with Crippen molar-refractivity contribution >= 4 is 23.2 Å². The number of amides is 1. The molecule has 0 bridgehead atoms. The molecule has 2 aromatic carbocycles. The molecule has 6 nitrogen and oxygen atoms in total. The maximum Gasteiger partial charge on any atom is 0.275 e. The summed E-state index contributed by atoms with van der Waals surface area (Å²) in [5.74, 6) is 0.242. The molecule has 0 radical (unpaired) electrons. The molecule has 0 unspecified atom stereocenters. The van der Waals surface area contributed by atoms with Crippen LogP contribution in [0.1, 0.15) is 33.3 Å². The van der Waals surface area contributed by atoms with Gasteiger partial charge in [-0.2, -0.15) is 0 Å². The number of anilines is 2. The fourth-order valence-corrected chi connectivity index (χ4v) is 2.58. The Morgan fingerprint density at radius 2 is 1.78 bits per heavy atom. The second kappa shape index (κ2) is 8.23. The number of Topliss-reactive ketones (excluding diaryl/α,β-unsaturated/α-hetero) is 1. The minimum absolute atomic E-state index is 0.0586. The normalized spacial score (nSPS) is 10.3. The highest BCUT2D eigenvalue weighted by Crippen LogP contribution is 2.14. The Bertz CT molecular complexity index is 940. The molecule has 6 heteroatoms. The van der Waals surface area contributed by atoms with Crippen LogP contribution in [0, 0.1) is 0 Å². The summed E-state index contributed by atoms with van der Waals surface area (Å²) in [6, 6.07) is 16.8. The summed E-state index contributed by atoms with van der Waals surface area (Å²) in [4.78, 5) is 34.3. The summed E-state index contributed by atoms with van der Waals surface area (Å²) in [6.07, 6.45) is 3.02. The lowest BCUT2D eigenvalue weighted by Crippen LogP contribution is -2.19. The predicted octanol–water partition coefficient (Wildman–Crippen LogP) is 3.57. The third-order valence-corrected chi connectivity index (χ3v) is 4.05. The van der Waals surface area contributed by atoms with Crippen molar-refractivity contribution in [1.82, 2.24) is 9.97 Å². The molecule has 27 heavy (non-hydrogen) atoms. The van der Waals surface area contributed by atoms with Crippen molar-refractivity contribution < 1.29 is 9.59 Å². The maximum atomic E-state index is 12.4. The highest BCUT2D eigenvalue weighted by Gasteiger charge is 2.11. The molecule has 1 heterocycles. The second-order valence-electron chi connectivity index (χ2n) is 6.19. The molecule has 1 N–H and O–H groups in total. The minimum Gasteiger partial charge on any atom is -0.354 e. The molecule has 136 valence electrons. The fraction of sp³-hybridized carbons (Fsp3) is 0.143. The van der Waals surface area contributed by atoms with E-state index >= 15 is 0 Å². The Balaban J connectivity index is 1.66. The van der Waals surface area contributed by atoms with Crippen molar-refractivity contribution in [2.45, 2.75) is 13.5 Å². The molecule has 0 atom stereocenters. The zero-order chi connectivity index (χ0) is 19.2. The second-order valence-corrected chi connectivity index (χ2v) is 6.19. The number of carbonyl (C=O) groups excluding carboxylic acids is 2. The Morgan fingerprint density at radius 3 is 2.44 bits per heavy atom. The van der Waals surface area contributed by atoms with Gasteiger partial charge in [0.1, 0.15) is 11.5 Å². The highest BCUT2D eigenvalue weighted by atomic mass is 16.2. The van der Waals surface area contributed by atoms with Crippen LogP contribution in [0.15, 0.2) is 67.0 Å². The van der Waals surface area contributed by atoms with Crippen LogP contribution in [0.4, 0.5) is 11.5 Å². The smallest absolute Gasteiger partial charge is 0.275 e. The standard InChI is InChI=1S/C21H20N4O2/c1-15(26)17-9-6-10-18(11-17)24-21(27)19-12-23-20(13-22-19)25(2)14-16-7-4-3-5-8-16/h3-13H,14H2,1-2H3,(H,24,27). The zero-order valence-electron chi connectivity index (χ0n) is 15.2. The van der Waals surface area contributed by atoms with Gasteiger partial charge in [0.15, 0.2) is 5.78 Å². The van der Waals surface area contributed by atoms with E-state index in [0.29, 0.717) is 23.6 Å². The van der Waals surface area contributed by atoms with Crippen LogP contribution in [-0.2, 0) is 6.54 Å². The van der Waals surface area contributed by atoms with Crippen molar-refractivity contribution in [2.24, 2.45) is 0 Å². The van der Waals surface area contributed by atoms with Crippen LogP contribution in [0.5, 0.6) is 0 Å². The topological polar surface area (TPSA) is 75.2 Å². The van der Waals surface area contributed by atoms with Crippen molar-refractivity contribution in [1.29, 1.82) is 0 Å². The van der Waals surface area contributed by atoms with Crippen LogP contribution >= 0.6 is 0 Å². The van der Waals surface area contributed by atoms with Crippen molar-refractivity contribution in [3.63, 3.8) is 0 Å². The number of nitrogens with zero attached hydrogens (tertiary/aromatic N) is 3. The lowest BCUT2D eigenvalue weighted by Gasteiger charge is -2.17. The molecule has 0 fully saturated rings. The van der Waals surface area contributed by atoms with Gasteiger partial charge in [0, 0.05) is 24.8 Å². The summed E-state index contributed by atoms with van der Waals surface area (Å²) < 4.78 is 0.